The Bertz CT molecular complexity index is 1110. The predicted octanol–water partition coefficient (Wildman–Crippen LogP) is 2.35. The minimum atomic E-state index is -1.10. The van der Waals surface area contributed by atoms with Gasteiger partial charge in [0.1, 0.15) is 11.8 Å². The monoisotopic (exact) mass is 444 g/mol. The van der Waals surface area contributed by atoms with Gasteiger partial charge in [0.25, 0.3) is 5.91 Å². The van der Waals surface area contributed by atoms with Crippen LogP contribution in [0.4, 0.5) is 5.69 Å². The van der Waals surface area contributed by atoms with Gasteiger partial charge in [-0.2, -0.15) is 0 Å². The quantitative estimate of drug-likeness (QED) is 0.526. The van der Waals surface area contributed by atoms with Gasteiger partial charge in [-0.25, -0.2) is 0 Å². The Morgan fingerprint density at radius 3 is 2.45 bits per heavy atom. The molecule has 3 aliphatic heterocycles. The lowest BCUT2D eigenvalue weighted by molar-refractivity contribution is -0.734. The number of imide groups is 1. The molecule has 3 heterocycles. The van der Waals surface area contributed by atoms with Crippen molar-refractivity contribution in [3.8, 4) is 0 Å². The van der Waals surface area contributed by atoms with Gasteiger partial charge in [-0.3, -0.25) is 19.3 Å². The van der Waals surface area contributed by atoms with Crippen LogP contribution in [0.3, 0.4) is 0 Å². The zero-order valence-electron chi connectivity index (χ0n) is 18.9. The molecule has 2 fully saturated rings. The molecular formula is C27H30N3O3+. The molecule has 3 aliphatic rings. The van der Waals surface area contributed by atoms with Crippen molar-refractivity contribution in [3.63, 3.8) is 0 Å². The van der Waals surface area contributed by atoms with E-state index in [1.165, 1.54) is 4.90 Å². The van der Waals surface area contributed by atoms with Crippen molar-refractivity contribution in [1.82, 2.24) is 4.90 Å². The highest BCUT2D eigenvalue weighted by atomic mass is 16.2. The molecule has 1 spiro atoms. The molecule has 2 N–H and O–H groups in total. The number of nitrogens with two attached hydrogens (primary N) is 1. The van der Waals surface area contributed by atoms with Gasteiger partial charge in [0, 0.05) is 18.5 Å². The molecule has 0 saturated carbocycles. The molecule has 0 radical (unpaired) electrons. The predicted molar refractivity (Wildman–Crippen MR) is 125 cm³/mol. The first-order chi connectivity index (χ1) is 16.0. The van der Waals surface area contributed by atoms with Crippen LogP contribution in [0.2, 0.25) is 0 Å². The first-order valence-corrected chi connectivity index (χ1v) is 11.8. The van der Waals surface area contributed by atoms with E-state index in [0.717, 1.165) is 36.1 Å². The molecule has 2 aromatic carbocycles. The molecule has 4 atom stereocenters. The normalized spacial score (nSPS) is 28.0. The fraction of sp³-hybridized carbons (Fsp3) is 0.370. The largest absolute Gasteiger partial charge is 0.326 e. The first-order valence-electron chi connectivity index (χ1n) is 11.8. The number of benzene rings is 2. The van der Waals surface area contributed by atoms with E-state index in [4.69, 9.17) is 0 Å². The van der Waals surface area contributed by atoms with Gasteiger partial charge in [0.2, 0.25) is 17.4 Å². The van der Waals surface area contributed by atoms with Crippen molar-refractivity contribution >= 4 is 23.4 Å². The van der Waals surface area contributed by atoms with Crippen LogP contribution in [-0.4, -0.2) is 35.2 Å². The maximum Gasteiger partial charge on any atom is 0.294 e. The fourth-order valence-corrected chi connectivity index (χ4v) is 6.11. The smallest absolute Gasteiger partial charge is 0.294 e. The number of hydrogen-bond donors (Lipinski definition) is 1. The summed E-state index contributed by atoms with van der Waals surface area (Å²) >= 11 is 0. The second-order valence-corrected chi connectivity index (χ2v) is 9.32. The number of carbonyl (C=O) groups excluding carboxylic acids is 3. The van der Waals surface area contributed by atoms with Gasteiger partial charge in [-0.1, -0.05) is 68.0 Å². The molecule has 6 nitrogen and oxygen atoms in total. The summed E-state index contributed by atoms with van der Waals surface area (Å²) in [6, 6.07) is 17.2. The first kappa shape index (κ1) is 21.6. The van der Waals surface area contributed by atoms with Crippen LogP contribution in [0.5, 0.6) is 0 Å². The summed E-state index contributed by atoms with van der Waals surface area (Å²) in [4.78, 5) is 44.7. The lowest BCUT2D eigenvalue weighted by Gasteiger charge is -2.27. The third kappa shape index (κ3) is 3.08. The highest BCUT2D eigenvalue weighted by molar-refractivity contribution is 6.14. The van der Waals surface area contributed by atoms with E-state index in [9.17, 15) is 14.4 Å². The van der Waals surface area contributed by atoms with Crippen molar-refractivity contribution < 1.29 is 19.7 Å². The third-order valence-corrected chi connectivity index (χ3v) is 7.50. The average molecular weight is 445 g/mol. The summed E-state index contributed by atoms with van der Waals surface area (Å²) in [5, 5.41) is 2.05. The van der Waals surface area contributed by atoms with E-state index < -0.39 is 17.4 Å². The number of likely N-dealkylation sites (tertiary alicyclic amines) is 1. The molecule has 0 aliphatic carbocycles. The van der Waals surface area contributed by atoms with E-state index in [-0.39, 0.29) is 30.3 Å². The van der Waals surface area contributed by atoms with Gasteiger partial charge in [-0.05, 0) is 18.1 Å². The second kappa shape index (κ2) is 8.27. The third-order valence-electron chi connectivity index (χ3n) is 7.50. The van der Waals surface area contributed by atoms with Crippen LogP contribution in [0, 0.1) is 11.8 Å². The van der Waals surface area contributed by atoms with E-state index in [1.807, 2.05) is 54.6 Å². The number of para-hydroxylation sites is 1. The van der Waals surface area contributed by atoms with Crippen LogP contribution >= 0.6 is 0 Å². The number of rotatable bonds is 7. The lowest BCUT2D eigenvalue weighted by Crippen LogP contribution is -2.99. The molecule has 33 heavy (non-hydrogen) atoms. The Balaban J connectivity index is 1.61. The summed E-state index contributed by atoms with van der Waals surface area (Å²) in [5.41, 5.74) is 1.47. The van der Waals surface area contributed by atoms with Gasteiger partial charge >= 0.3 is 0 Å². The Morgan fingerprint density at radius 2 is 1.73 bits per heavy atom. The Hall–Kier alpha value is -3.25. The number of carbonyl (C=O) groups is 3. The molecular weight excluding hydrogens is 414 g/mol. The Morgan fingerprint density at radius 1 is 1.00 bits per heavy atom. The highest BCUT2D eigenvalue weighted by Gasteiger charge is 2.74. The molecule has 2 aromatic rings. The molecule has 6 heteroatoms. The molecule has 0 bridgehead atoms. The fourth-order valence-electron chi connectivity index (χ4n) is 6.11. The van der Waals surface area contributed by atoms with Crippen molar-refractivity contribution in [1.29, 1.82) is 0 Å². The molecule has 5 rings (SSSR count). The number of unbranched alkanes of at least 4 members (excludes halogenated alkanes) is 1. The number of quaternary nitrogens is 1. The summed E-state index contributed by atoms with van der Waals surface area (Å²) in [6.07, 6.45) is 4.46. The highest BCUT2D eigenvalue weighted by Crippen LogP contribution is 2.51. The topological polar surface area (TPSA) is 74.3 Å². The van der Waals surface area contributed by atoms with E-state index in [2.05, 4.69) is 18.8 Å². The molecule has 3 amide bonds. The number of hydrogen-bond acceptors (Lipinski definition) is 3. The average Bonchev–Trinajstić information content (AvgIpc) is 3.39. The maximum atomic E-state index is 14.0. The number of amides is 3. The Labute approximate surface area is 194 Å². The van der Waals surface area contributed by atoms with Gasteiger partial charge in [-0.15, -0.1) is 6.58 Å². The number of fused-ring (bicyclic) bond motifs is 4. The summed E-state index contributed by atoms with van der Waals surface area (Å²) in [6.45, 7) is 6.56. The van der Waals surface area contributed by atoms with E-state index >= 15 is 0 Å². The SMILES string of the molecule is C=CCN1C(=O)[C@]2([NH2+][C@@H](CCCC)[C@@H]3C(=O)N(Cc4ccccc4)C(=O)[C@@H]32)c2ccccc21. The maximum absolute atomic E-state index is 14.0. The molecule has 0 aromatic heterocycles. The zero-order valence-corrected chi connectivity index (χ0v) is 18.9. The Kier molecular flexibility index (Phi) is 5.41. The van der Waals surface area contributed by atoms with E-state index in [1.54, 1.807) is 11.0 Å². The zero-order chi connectivity index (χ0) is 23.2. The van der Waals surface area contributed by atoms with Crippen molar-refractivity contribution in [2.45, 2.75) is 44.3 Å². The van der Waals surface area contributed by atoms with Crippen LogP contribution in [-0.2, 0) is 26.5 Å². The van der Waals surface area contributed by atoms with Crippen molar-refractivity contribution in [3.05, 3.63) is 78.4 Å². The summed E-state index contributed by atoms with van der Waals surface area (Å²) in [7, 11) is 0. The lowest BCUT2D eigenvalue weighted by atomic mass is 9.76. The van der Waals surface area contributed by atoms with Gasteiger partial charge in [0.05, 0.1) is 18.3 Å². The van der Waals surface area contributed by atoms with Crippen LogP contribution in [0.25, 0.3) is 0 Å². The van der Waals surface area contributed by atoms with E-state index in [0.29, 0.717) is 6.54 Å². The van der Waals surface area contributed by atoms with Gasteiger partial charge in [0.15, 0.2) is 0 Å². The summed E-state index contributed by atoms with van der Waals surface area (Å²) < 4.78 is 0. The number of anilines is 1. The van der Waals surface area contributed by atoms with Gasteiger partial charge < -0.3 is 10.2 Å². The second-order valence-electron chi connectivity index (χ2n) is 9.32. The van der Waals surface area contributed by atoms with Crippen LogP contribution in [0.1, 0.15) is 37.3 Å². The minimum Gasteiger partial charge on any atom is -0.326 e. The molecule has 0 unspecified atom stereocenters. The van der Waals surface area contributed by atoms with Crippen LogP contribution < -0.4 is 10.2 Å². The van der Waals surface area contributed by atoms with Crippen molar-refractivity contribution in [2.75, 3.05) is 11.4 Å². The number of nitrogens with zero attached hydrogens (tertiary/aromatic N) is 2. The molecule has 170 valence electrons. The van der Waals surface area contributed by atoms with Crippen molar-refractivity contribution in [2.24, 2.45) is 11.8 Å². The van der Waals surface area contributed by atoms with Crippen LogP contribution in [0.15, 0.2) is 67.3 Å². The standard InChI is InChI=1S/C27H29N3O3/c1-3-5-14-20-22-23(25(32)30(24(22)31)17-18-11-7-6-8-12-18)27(28-20)19-13-9-10-15-21(19)29(16-4-2)26(27)33/h4,6-13,15,20,22-23,28H,2-3,5,14,16-17H2,1H3/p+1/t20-,22-,23+,27-/m0/s1. The minimum absolute atomic E-state index is 0.104. The summed E-state index contributed by atoms with van der Waals surface area (Å²) in [5.74, 6) is -1.67. The molecule has 2 saturated heterocycles.